The molecule has 0 saturated carbocycles. The Kier molecular flexibility index (Phi) is 3.28. The molecule has 0 atom stereocenters. The highest BCUT2D eigenvalue weighted by molar-refractivity contribution is 6.00. The summed E-state index contributed by atoms with van der Waals surface area (Å²) in [6.07, 6.45) is 3.49. The molecule has 0 radical (unpaired) electrons. The average Bonchev–Trinajstić information content (AvgIpc) is 2.78. The molecular formula is C14H14N2O2. The first kappa shape index (κ1) is 12.1. The van der Waals surface area contributed by atoms with Crippen LogP contribution in [0.1, 0.15) is 24.2 Å². The molecule has 2 rings (SSSR count). The number of carbonyl (C=O) groups excluding carboxylic acids is 2. The second-order valence-corrected chi connectivity index (χ2v) is 4.10. The minimum Gasteiger partial charge on any atom is -0.366 e. The fourth-order valence-corrected chi connectivity index (χ4v) is 1.83. The summed E-state index contributed by atoms with van der Waals surface area (Å²) in [4.78, 5) is 25.3. The van der Waals surface area contributed by atoms with Crippen LogP contribution < -0.4 is 5.32 Å². The molecule has 4 heteroatoms. The monoisotopic (exact) mass is 242 g/mol. The molecule has 0 aliphatic carbocycles. The predicted molar refractivity (Wildman–Crippen MR) is 70.5 cm³/mol. The third-order valence-electron chi connectivity index (χ3n) is 2.64. The molecule has 1 amide bonds. The normalized spacial score (nSPS) is 10.1. The number of aromatic nitrogens is 1. The number of amides is 1. The van der Waals surface area contributed by atoms with Gasteiger partial charge in [-0.25, -0.2) is 0 Å². The maximum atomic E-state index is 11.4. The van der Waals surface area contributed by atoms with Crippen molar-refractivity contribution in [3.8, 4) is 11.1 Å². The van der Waals surface area contributed by atoms with Crippen molar-refractivity contribution in [1.82, 2.24) is 4.98 Å². The number of nitrogens with one attached hydrogen (secondary N) is 2. The summed E-state index contributed by atoms with van der Waals surface area (Å²) in [5.41, 5.74) is 3.22. The van der Waals surface area contributed by atoms with Gasteiger partial charge in [-0.05, 0) is 24.6 Å². The maximum absolute atomic E-state index is 11.4. The molecule has 0 bridgehead atoms. The second kappa shape index (κ2) is 4.87. The van der Waals surface area contributed by atoms with Crippen LogP contribution in [0.25, 0.3) is 11.1 Å². The van der Waals surface area contributed by atoms with E-state index in [9.17, 15) is 9.59 Å². The number of hydrogen-bond donors (Lipinski definition) is 2. The molecule has 0 spiro atoms. The quantitative estimate of drug-likeness (QED) is 0.813. The van der Waals surface area contributed by atoms with Gasteiger partial charge in [0.2, 0.25) is 5.91 Å². The summed E-state index contributed by atoms with van der Waals surface area (Å²) in [5, 5.41) is 2.70. The number of Topliss-reactive ketones (excluding diaryl/α,β-unsaturated/α-hetero) is 1. The van der Waals surface area contributed by atoms with Gasteiger partial charge in [-0.3, -0.25) is 9.59 Å². The van der Waals surface area contributed by atoms with Crippen LogP contribution in [-0.4, -0.2) is 16.7 Å². The van der Waals surface area contributed by atoms with Crippen LogP contribution in [-0.2, 0) is 4.79 Å². The number of ketones is 1. The number of hydrogen-bond acceptors (Lipinski definition) is 2. The summed E-state index contributed by atoms with van der Waals surface area (Å²) in [6, 6.07) is 7.38. The van der Waals surface area contributed by atoms with Crippen molar-refractivity contribution in [1.29, 1.82) is 0 Å². The van der Waals surface area contributed by atoms with Crippen molar-refractivity contribution in [3.63, 3.8) is 0 Å². The summed E-state index contributed by atoms with van der Waals surface area (Å²) >= 11 is 0. The lowest BCUT2D eigenvalue weighted by Crippen LogP contribution is -2.05. The molecule has 92 valence electrons. The van der Waals surface area contributed by atoms with Crippen LogP contribution in [0.4, 0.5) is 5.69 Å². The van der Waals surface area contributed by atoms with E-state index in [0.29, 0.717) is 5.56 Å². The average molecular weight is 242 g/mol. The highest BCUT2D eigenvalue weighted by Crippen LogP contribution is 2.25. The Morgan fingerprint density at radius 2 is 1.72 bits per heavy atom. The van der Waals surface area contributed by atoms with Crippen molar-refractivity contribution < 1.29 is 9.59 Å². The Balaban J connectivity index is 2.31. The summed E-state index contributed by atoms with van der Waals surface area (Å²) in [5.74, 6) is -0.0778. The molecule has 1 aromatic heterocycles. The zero-order chi connectivity index (χ0) is 13.1. The van der Waals surface area contributed by atoms with Crippen molar-refractivity contribution in [3.05, 3.63) is 42.2 Å². The maximum Gasteiger partial charge on any atom is 0.221 e. The van der Waals surface area contributed by atoms with Crippen LogP contribution in [0.15, 0.2) is 36.7 Å². The van der Waals surface area contributed by atoms with Crippen molar-refractivity contribution in [2.75, 3.05) is 5.32 Å². The summed E-state index contributed by atoms with van der Waals surface area (Å²) in [7, 11) is 0. The first-order valence-corrected chi connectivity index (χ1v) is 5.63. The topological polar surface area (TPSA) is 62.0 Å². The van der Waals surface area contributed by atoms with Crippen molar-refractivity contribution in [2.45, 2.75) is 13.8 Å². The van der Waals surface area contributed by atoms with Gasteiger partial charge >= 0.3 is 0 Å². The van der Waals surface area contributed by atoms with E-state index in [1.807, 2.05) is 24.3 Å². The van der Waals surface area contributed by atoms with Crippen LogP contribution >= 0.6 is 0 Å². The summed E-state index contributed by atoms with van der Waals surface area (Å²) in [6.45, 7) is 3.01. The fraction of sp³-hybridized carbons (Fsp3) is 0.143. The molecule has 1 aromatic carbocycles. The van der Waals surface area contributed by atoms with Crippen molar-refractivity contribution in [2.24, 2.45) is 0 Å². The lowest BCUT2D eigenvalue weighted by molar-refractivity contribution is -0.114. The highest BCUT2D eigenvalue weighted by atomic mass is 16.1. The SMILES string of the molecule is CC(=O)Nc1ccc(-c2c[nH]cc2C(C)=O)cc1. The number of carbonyl (C=O) groups is 2. The van der Waals surface area contributed by atoms with E-state index in [1.54, 1.807) is 19.3 Å². The zero-order valence-electron chi connectivity index (χ0n) is 10.3. The number of rotatable bonds is 3. The first-order chi connectivity index (χ1) is 8.58. The molecule has 2 N–H and O–H groups in total. The minimum atomic E-state index is -0.103. The zero-order valence-corrected chi connectivity index (χ0v) is 10.3. The molecule has 0 aliphatic heterocycles. The Morgan fingerprint density at radius 1 is 1.06 bits per heavy atom. The van der Waals surface area contributed by atoms with Gasteiger partial charge in [0.25, 0.3) is 0 Å². The van der Waals surface area contributed by atoms with Gasteiger partial charge in [-0.1, -0.05) is 12.1 Å². The summed E-state index contributed by atoms with van der Waals surface area (Å²) < 4.78 is 0. The van der Waals surface area contributed by atoms with Crippen LogP contribution in [0.5, 0.6) is 0 Å². The minimum absolute atomic E-state index is 0.0252. The van der Waals surface area contributed by atoms with Gasteiger partial charge in [0.05, 0.1) is 0 Å². The molecule has 4 nitrogen and oxygen atoms in total. The molecule has 0 unspecified atom stereocenters. The predicted octanol–water partition coefficient (Wildman–Crippen LogP) is 2.84. The van der Waals surface area contributed by atoms with Crippen LogP contribution in [0, 0.1) is 0 Å². The molecule has 0 fully saturated rings. The number of aromatic amines is 1. The number of anilines is 1. The van der Waals surface area contributed by atoms with E-state index >= 15 is 0 Å². The highest BCUT2D eigenvalue weighted by Gasteiger charge is 2.09. The molecule has 1 heterocycles. The molecule has 18 heavy (non-hydrogen) atoms. The van der Waals surface area contributed by atoms with E-state index < -0.39 is 0 Å². The van der Waals surface area contributed by atoms with E-state index in [1.165, 1.54) is 6.92 Å². The Labute approximate surface area is 105 Å². The number of H-pyrrole nitrogens is 1. The van der Waals surface area contributed by atoms with Crippen molar-refractivity contribution >= 4 is 17.4 Å². The smallest absolute Gasteiger partial charge is 0.221 e. The first-order valence-electron chi connectivity index (χ1n) is 5.63. The Hall–Kier alpha value is -2.36. The van der Waals surface area contributed by atoms with E-state index in [-0.39, 0.29) is 11.7 Å². The van der Waals surface area contributed by atoms with Gasteiger partial charge in [-0.15, -0.1) is 0 Å². The van der Waals surface area contributed by atoms with Gasteiger partial charge in [0.15, 0.2) is 5.78 Å². The van der Waals surface area contributed by atoms with E-state index in [4.69, 9.17) is 0 Å². The number of benzene rings is 1. The van der Waals surface area contributed by atoms with Gasteiger partial charge in [0, 0.05) is 36.1 Å². The standard InChI is InChI=1S/C14H14N2O2/c1-9(17)13-7-15-8-14(13)11-3-5-12(6-4-11)16-10(2)18/h3-8,15H,1-2H3,(H,16,18). The molecule has 2 aromatic rings. The molecule has 0 saturated heterocycles. The lowest BCUT2D eigenvalue weighted by atomic mass is 10.0. The largest absolute Gasteiger partial charge is 0.366 e. The lowest BCUT2D eigenvalue weighted by Gasteiger charge is -2.04. The van der Waals surface area contributed by atoms with E-state index in [0.717, 1.165) is 16.8 Å². The van der Waals surface area contributed by atoms with Gasteiger partial charge in [-0.2, -0.15) is 0 Å². The third kappa shape index (κ3) is 2.48. The second-order valence-electron chi connectivity index (χ2n) is 4.10. The Morgan fingerprint density at radius 3 is 2.28 bits per heavy atom. The van der Waals surface area contributed by atoms with Gasteiger partial charge in [0.1, 0.15) is 0 Å². The fourth-order valence-electron chi connectivity index (χ4n) is 1.83. The molecule has 0 aliphatic rings. The van der Waals surface area contributed by atoms with Crippen LogP contribution in [0.3, 0.4) is 0 Å². The third-order valence-corrected chi connectivity index (χ3v) is 2.64. The van der Waals surface area contributed by atoms with E-state index in [2.05, 4.69) is 10.3 Å². The van der Waals surface area contributed by atoms with Crippen LogP contribution in [0.2, 0.25) is 0 Å². The van der Waals surface area contributed by atoms with Gasteiger partial charge < -0.3 is 10.3 Å². The Bertz CT molecular complexity index is 582. The molecular weight excluding hydrogens is 228 g/mol.